The van der Waals surface area contributed by atoms with E-state index in [4.69, 9.17) is 4.74 Å². The van der Waals surface area contributed by atoms with Gasteiger partial charge in [-0.1, -0.05) is 0 Å². The summed E-state index contributed by atoms with van der Waals surface area (Å²) < 4.78 is 7.09. The third-order valence-corrected chi connectivity index (χ3v) is 4.91. The van der Waals surface area contributed by atoms with Crippen LogP contribution in [0.2, 0.25) is 0 Å². The van der Waals surface area contributed by atoms with E-state index in [0.29, 0.717) is 43.1 Å². The molecule has 4 heterocycles. The molecule has 2 aliphatic heterocycles. The van der Waals surface area contributed by atoms with E-state index in [-0.39, 0.29) is 17.6 Å². The number of aromatic amines is 1. The van der Waals surface area contributed by atoms with Gasteiger partial charge in [-0.25, -0.2) is 4.98 Å². The van der Waals surface area contributed by atoms with E-state index in [1.165, 1.54) is 6.20 Å². The summed E-state index contributed by atoms with van der Waals surface area (Å²) in [5.74, 6) is 0.736. The minimum Gasteiger partial charge on any atom is -0.368 e. The van der Waals surface area contributed by atoms with Crippen molar-refractivity contribution in [3.63, 3.8) is 0 Å². The Morgan fingerprint density at radius 2 is 2.16 bits per heavy atom. The number of H-pyrrole nitrogens is 1. The van der Waals surface area contributed by atoms with Gasteiger partial charge in [-0.3, -0.25) is 19.2 Å². The number of nitrogens with one attached hydrogen (secondary N) is 1. The monoisotopic (exact) mass is 346 g/mol. The van der Waals surface area contributed by atoms with Crippen LogP contribution in [0.5, 0.6) is 0 Å². The number of piperazine rings is 1. The minimum absolute atomic E-state index is 0.111. The molecule has 1 N–H and O–H groups in total. The lowest BCUT2D eigenvalue weighted by atomic mass is 10.2. The van der Waals surface area contributed by atoms with Crippen LogP contribution < -0.4 is 5.56 Å². The van der Waals surface area contributed by atoms with Crippen LogP contribution in [0.1, 0.15) is 18.7 Å². The van der Waals surface area contributed by atoms with E-state index >= 15 is 0 Å². The molecule has 0 radical (unpaired) electrons. The second-order valence-electron chi connectivity index (χ2n) is 6.62. The number of ether oxygens (including phenoxy) is 1. The van der Waals surface area contributed by atoms with Gasteiger partial charge < -0.3 is 14.6 Å². The highest BCUT2D eigenvalue weighted by Gasteiger charge is 2.30. The standard InChI is InChI=1S/C16H22N6O3/c1-20-14-11(9-17-20)15(23)19-13(18-14)10-21-4-6-22(7-5-21)16(24)12-3-2-8-25-12/h9,12H,2-8,10H2,1H3,(H,18,19,23)/t12-/m1/s1. The molecular weight excluding hydrogens is 324 g/mol. The first kappa shape index (κ1) is 16.2. The zero-order chi connectivity index (χ0) is 17.4. The van der Waals surface area contributed by atoms with Crippen LogP contribution in [0, 0.1) is 0 Å². The van der Waals surface area contributed by atoms with Gasteiger partial charge in [0, 0.05) is 39.8 Å². The molecule has 0 unspecified atom stereocenters. The fourth-order valence-corrected chi connectivity index (χ4v) is 3.47. The third kappa shape index (κ3) is 3.16. The lowest BCUT2D eigenvalue weighted by Crippen LogP contribution is -2.51. The SMILES string of the molecule is Cn1ncc2c(=O)[nH]c(CN3CCN(C(=O)[C@H]4CCCO4)CC3)nc21. The maximum Gasteiger partial charge on any atom is 0.262 e. The minimum atomic E-state index is -0.253. The maximum absolute atomic E-state index is 12.4. The number of hydrogen-bond acceptors (Lipinski definition) is 6. The van der Waals surface area contributed by atoms with Crippen molar-refractivity contribution in [1.82, 2.24) is 29.5 Å². The molecule has 0 saturated carbocycles. The summed E-state index contributed by atoms with van der Waals surface area (Å²) in [5.41, 5.74) is 0.422. The number of aryl methyl sites for hydroxylation is 1. The van der Waals surface area contributed by atoms with Crippen molar-refractivity contribution >= 4 is 16.9 Å². The van der Waals surface area contributed by atoms with Crippen LogP contribution in [-0.4, -0.2) is 74.3 Å². The molecule has 2 aromatic heterocycles. The van der Waals surface area contributed by atoms with Gasteiger partial charge in [0.2, 0.25) is 0 Å². The first-order valence-electron chi connectivity index (χ1n) is 8.65. The molecule has 0 bridgehead atoms. The molecule has 2 saturated heterocycles. The smallest absolute Gasteiger partial charge is 0.262 e. The average molecular weight is 346 g/mol. The number of hydrogen-bond donors (Lipinski definition) is 1. The fourth-order valence-electron chi connectivity index (χ4n) is 3.47. The molecule has 2 aromatic rings. The number of amides is 1. The van der Waals surface area contributed by atoms with Crippen LogP contribution in [-0.2, 0) is 23.1 Å². The molecule has 4 rings (SSSR count). The lowest BCUT2D eigenvalue weighted by molar-refractivity contribution is -0.142. The fraction of sp³-hybridized carbons (Fsp3) is 0.625. The highest BCUT2D eigenvalue weighted by Crippen LogP contribution is 2.16. The normalized spacial score (nSPS) is 22.0. The van der Waals surface area contributed by atoms with Gasteiger partial charge in [-0.15, -0.1) is 0 Å². The van der Waals surface area contributed by atoms with Crippen molar-refractivity contribution in [2.75, 3.05) is 32.8 Å². The van der Waals surface area contributed by atoms with E-state index in [9.17, 15) is 9.59 Å². The summed E-state index contributed by atoms with van der Waals surface area (Å²) in [7, 11) is 1.77. The van der Waals surface area contributed by atoms with E-state index in [2.05, 4.69) is 20.0 Å². The van der Waals surface area contributed by atoms with Crippen molar-refractivity contribution in [2.24, 2.45) is 7.05 Å². The van der Waals surface area contributed by atoms with Gasteiger partial charge in [0.25, 0.3) is 11.5 Å². The molecule has 9 nitrogen and oxygen atoms in total. The van der Waals surface area contributed by atoms with Gasteiger partial charge in [0.15, 0.2) is 5.65 Å². The summed E-state index contributed by atoms with van der Waals surface area (Å²) in [4.78, 5) is 35.9. The Labute approximate surface area is 144 Å². The topological polar surface area (TPSA) is 96.4 Å². The number of rotatable bonds is 3. The van der Waals surface area contributed by atoms with E-state index in [0.717, 1.165) is 25.9 Å². The number of fused-ring (bicyclic) bond motifs is 1. The Bertz CT molecular complexity index is 830. The first-order chi connectivity index (χ1) is 12.1. The summed E-state index contributed by atoms with van der Waals surface area (Å²) >= 11 is 0. The quantitative estimate of drug-likeness (QED) is 0.803. The number of nitrogens with zero attached hydrogens (tertiary/aromatic N) is 5. The number of aromatic nitrogens is 4. The van der Waals surface area contributed by atoms with Crippen LogP contribution in [0.25, 0.3) is 11.0 Å². The zero-order valence-corrected chi connectivity index (χ0v) is 14.3. The largest absolute Gasteiger partial charge is 0.368 e. The van der Waals surface area contributed by atoms with Gasteiger partial charge >= 0.3 is 0 Å². The Morgan fingerprint density at radius 3 is 2.88 bits per heavy atom. The molecular formula is C16H22N6O3. The second-order valence-corrected chi connectivity index (χ2v) is 6.62. The van der Waals surface area contributed by atoms with Gasteiger partial charge in [-0.2, -0.15) is 5.10 Å². The van der Waals surface area contributed by atoms with Gasteiger partial charge in [0.1, 0.15) is 17.3 Å². The van der Waals surface area contributed by atoms with Gasteiger partial charge in [-0.05, 0) is 12.8 Å². The summed E-state index contributed by atoms with van der Waals surface area (Å²) in [5, 5.41) is 4.57. The van der Waals surface area contributed by atoms with Crippen molar-refractivity contribution in [2.45, 2.75) is 25.5 Å². The molecule has 2 aliphatic rings. The van der Waals surface area contributed by atoms with Crippen LogP contribution in [0.3, 0.4) is 0 Å². The molecule has 2 fully saturated rings. The van der Waals surface area contributed by atoms with E-state index in [1.807, 2.05) is 4.90 Å². The first-order valence-corrected chi connectivity index (χ1v) is 8.65. The van der Waals surface area contributed by atoms with E-state index < -0.39 is 0 Å². The Balaban J connectivity index is 1.39. The molecule has 0 aromatic carbocycles. The molecule has 1 amide bonds. The van der Waals surface area contributed by atoms with Crippen LogP contribution in [0.15, 0.2) is 11.0 Å². The van der Waals surface area contributed by atoms with Crippen LogP contribution in [0.4, 0.5) is 0 Å². The maximum atomic E-state index is 12.4. The average Bonchev–Trinajstić information content (AvgIpc) is 3.26. The van der Waals surface area contributed by atoms with Crippen molar-refractivity contribution < 1.29 is 9.53 Å². The molecule has 134 valence electrons. The van der Waals surface area contributed by atoms with Crippen molar-refractivity contribution in [1.29, 1.82) is 0 Å². The van der Waals surface area contributed by atoms with Crippen LogP contribution >= 0.6 is 0 Å². The third-order valence-electron chi connectivity index (χ3n) is 4.91. The zero-order valence-electron chi connectivity index (χ0n) is 14.3. The van der Waals surface area contributed by atoms with Gasteiger partial charge in [0.05, 0.1) is 12.7 Å². The predicted octanol–water partition coefficient (Wildman–Crippen LogP) is -0.520. The highest BCUT2D eigenvalue weighted by molar-refractivity contribution is 5.81. The van der Waals surface area contributed by atoms with E-state index in [1.54, 1.807) is 11.7 Å². The number of carbonyl (C=O) groups is 1. The highest BCUT2D eigenvalue weighted by atomic mass is 16.5. The Kier molecular flexibility index (Phi) is 4.26. The molecule has 1 atom stereocenters. The summed E-state index contributed by atoms with van der Waals surface area (Å²) in [6.45, 7) is 4.11. The Morgan fingerprint density at radius 1 is 1.36 bits per heavy atom. The predicted molar refractivity (Wildman–Crippen MR) is 90.0 cm³/mol. The van der Waals surface area contributed by atoms with Crippen molar-refractivity contribution in [3.8, 4) is 0 Å². The summed E-state index contributed by atoms with van der Waals surface area (Å²) in [6.07, 6.45) is 3.07. The summed E-state index contributed by atoms with van der Waals surface area (Å²) in [6, 6.07) is 0. The lowest BCUT2D eigenvalue weighted by Gasteiger charge is -2.35. The molecule has 9 heteroatoms. The van der Waals surface area contributed by atoms with Crippen molar-refractivity contribution in [3.05, 3.63) is 22.4 Å². The number of carbonyl (C=O) groups excluding carboxylic acids is 1. The molecule has 0 spiro atoms. The molecule has 0 aliphatic carbocycles. The molecule has 25 heavy (non-hydrogen) atoms. The second kappa shape index (κ2) is 6.57. The Hall–Kier alpha value is -2.26.